The number of carbonyl (C=O) groups is 1. The van der Waals surface area contributed by atoms with Crippen LogP contribution in [0.5, 0.6) is 0 Å². The Hall–Kier alpha value is -0.580. The molecule has 0 radical (unpaired) electrons. The Morgan fingerprint density at radius 2 is 1.93 bits per heavy atom. The maximum absolute atomic E-state index is 11.5. The lowest BCUT2D eigenvalue weighted by molar-refractivity contribution is -0.131. The molecule has 2 aliphatic rings. The summed E-state index contributed by atoms with van der Waals surface area (Å²) in [4.78, 5) is 13.0. The highest BCUT2D eigenvalue weighted by atomic mass is 32.2. The highest BCUT2D eigenvalue weighted by Crippen LogP contribution is 2.30. The second-order valence-electron chi connectivity index (χ2n) is 4.23. The van der Waals surface area contributed by atoms with Crippen molar-refractivity contribution in [2.75, 3.05) is 24.6 Å². The number of likely N-dealkylation sites (tertiary alicyclic amines) is 1. The Kier molecular flexibility index (Phi) is 2.51. The minimum atomic E-state index is -3.13. The van der Waals surface area contributed by atoms with Gasteiger partial charge in [-0.1, -0.05) is 0 Å². The van der Waals surface area contributed by atoms with Gasteiger partial charge in [0.1, 0.15) is 5.75 Å². The normalized spacial score (nSPS) is 21.9. The lowest BCUT2D eigenvalue weighted by Crippen LogP contribution is -2.45. The molecule has 0 aromatic rings. The molecule has 0 spiro atoms. The summed E-state index contributed by atoms with van der Waals surface area (Å²) in [6.45, 7) is 1.47. The van der Waals surface area contributed by atoms with Gasteiger partial charge in [0.15, 0.2) is 9.84 Å². The summed E-state index contributed by atoms with van der Waals surface area (Å²) in [5.74, 6) is 0.0666. The van der Waals surface area contributed by atoms with E-state index in [0.717, 1.165) is 32.4 Å². The second-order valence-corrected chi connectivity index (χ2v) is 6.34. The van der Waals surface area contributed by atoms with Crippen molar-refractivity contribution in [1.82, 2.24) is 4.90 Å². The van der Waals surface area contributed by atoms with E-state index >= 15 is 0 Å². The van der Waals surface area contributed by atoms with Crippen LogP contribution in [-0.4, -0.2) is 43.8 Å². The maximum Gasteiger partial charge on any atom is 0.237 e. The molecule has 1 aliphatic heterocycles. The van der Waals surface area contributed by atoms with E-state index in [1.54, 1.807) is 4.90 Å². The minimum Gasteiger partial charge on any atom is -0.342 e. The fourth-order valence-corrected chi connectivity index (χ4v) is 3.28. The first-order valence-electron chi connectivity index (χ1n) is 5.05. The van der Waals surface area contributed by atoms with E-state index in [4.69, 9.17) is 0 Å². The molecule has 1 amide bonds. The van der Waals surface area contributed by atoms with Gasteiger partial charge in [-0.25, -0.2) is 8.42 Å². The molecule has 0 atom stereocenters. The van der Waals surface area contributed by atoms with Gasteiger partial charge >= 0.3 is 0 Å². The van der Waals surface area contributed by atoms with Crippen molar-refractivity contribution in [3.05, 3.63) is 0 Å². The molecule has 0 bridgehead atoms. The largest absolute Gasteiger partial charge is 0.342 e. The molecule has 0 aromatic carbocycles. The second kappa shape index (κ2) is 3.53. The SMILES string of the molecule is O=C(CS(=O)(=O)CC1CC1)N1CCC1. The molecule has 0 N–H and O–H groups in total. The maximum atomic E-state index is 11.5. The van der Waals surface area contributed by atoms with Gasteiger partial charge in [0.05, 0.1) is 5.75 Å². The van der Waals surface area contributed by atoms with Crippen molar-refractivity contribution in [2.45, 2.75) is 19.3 Å². The van der Waals surface area contributed by atoms with Gasteiger partial charge in [-0.05, 0) is 25.2 Å². The number of hydrogen-bond donors (Lipinski definition) is 0. The van der Waals surface area contributed by atoms with Crippen molar-refractivity contribution in [2.24, 2.45) is 5.92 Å². The predicted molar refractivity (Wildman–Crippen MR) is 52.6 cm³/mol. The van der Waals surface area contributed by atoms with Crippen LogP contribution in [0.25, 0.3) is 0 Å². The van der Waals surface area contributed by atoms with Crippen molar-refractivity contribution in [3.8, 4) is 0 Å². The van der Waals surface area contributed by atoms with Gasteiger partial charge in [-0.2, -0.15) is 0 Å². The summed E-state index contributed by atoms with van der Waals surface area (Å²) >= 11 is 0. The first kappa shape index (κ1) is 9.96. The lowest BCUT2D eigenvalue weighted by Gasteiger charge is -2.30. The molecule has 2 fully saturated rings. The summed E-state index contributed by atoms with van der Waals surface area (Å²) in [5, 5.41) is 0. The number of sulfone groups is 1. The Morgan fingerprint density at radius 3 is 2.36 bits per heavy atom. The van der Waals surface area contributed by atoms with Crippen LogP contribution < -0.4 is 0 Å². The van der Waals surface area contributed by atoms with Crippen LogP contribution in [0.1, 0.15) is 19.3 Å². The van der Waals surface area contributed by atoms with Crippen LogP contribution in [0.15, 0.2) is 0 Å². The van der Waals surface area contributed by atoms with Gasteiger partial charge in [0.25, 0.3) is 0 Å². The molecule has 80 valence electrons. The van der Waals surface area contributed by atoms with Crippen molar-refractivity contribution >= 4 is 15.7 Å². The Bertz CT molecular complexity index is 328. The fraction of sp³-hybridized carbons (Fsp3) is 0.889. The first-order valence-corrected chi connectivity index (χ1v) is 6.87. The van der Waals surface area contributed by atoms with Gasteiger partial charge in [-0.3, -0.25) is 4.79 Å². The monoisotopic (exact) mass is 217 g/mol. The number of nitrogens with zero attached hydrogens (tertiary/aromatic N) is 1. The number of carbonyl (C=O) groups excluding carboxylic acids is 1. The predicted octanol–water partition coefficient (Wildman–Crippen LogP) is 0.0435. The van der Waals surface area contributed by atoms with Crippen LogP contribution in [0, 0.1) is 5.92 Å². The van der Waals surface area contributed by atoms with Crippen molar-refractivity contribution in [3.63, 3.8) is 0 Å². The van der Waals surface area contributed by atoms with E-state index in [2.05, 4.69) is 0 Å². The smallest absolute Gasteiger partial charge is 0.237 e. The van der Waals surface area contributed by atoms with E-state index in [0.29, 0.717) is 5.92 Å². The fourth-order valence-electron chi connectivity index (χ4n) is 1.55. The highest BCUT2D eigenvalue weighted by molar-refractivity contribution is 7.92. The molecular formula is C9H15NO3S. The van der Waals surface area contributed by atoms with Crippen molar-refractivity contribution < 1.29 is 13.2 Å². The van der Waals surface area contributed by atoms with Crippen LogP contribution in [0.2, 0.25) is 0 Å². The average Bonchev–Trinajstić information content (AvgIpc) is 2.63. The van der Waals surface area contributed by atoms with E-state index in [1.165, 1.54) is 0 Å². The van der Waals surface area contributed by atoms with Crippen molar-refractivity contribution in [1.29, 1.82) is 0 Å². The minimum absolute atomic E-state index is 0.211. The number of hydrogen-bond acceptors (Lipinski definition) is 3. The Labute approximate surface area is 84.2 Å². The quantitative estimate of drug-likeness (QED) is 0.668. The molecule has 0 unspecified atom stereocenters. The van der Waals surface area contributed by atoms with Gasteiger partial charge in [-0.15, -0.1) is 0 Å². The summed E-state index contributed by atoms with van der Waals surface area (Å²) in [6, 6.07) is 0. The van der Waals surface area contributed by atoms with E-state index in [-0.39, 0.29) is 17.4 Å². The summed E-state index contributed by atoms with van der Waals surface area (Å²) in [5.41, 5.74) is 0. The topological polar surface area (TPSA) is 54.5 Å². The molecule has 2 rings (SSSR count). The summed E-state index contributed by atoms with van der Waals surface area (Å²) < 4.78 is 23.0. The molecule has 1 aliphatic carbocycles. The zero-order valence-corrected chi connectivity index (χ0v) is 8.92. The summed E-state index contributed by atoms with van der Waals surface area (Å²) in [7, 11) is -3.13. The standard InChI is InChI=1S/C9H15NO3S/c11-9(10-4-1-5-10)7-14(12,13)6-8-2-3-8/h8H,1-7H2. The zero-order valence-electron chi connectivity index (χ0n) is 8.11. The first-order chi connectivity index (χ1) is 6.57. The van der Waals surface area contributed by atoms with Gasteiger partial charge in [0.2, 0.25) is 5.91 Å². The van der Waals surface area contributed by atoms with Gasteiger partial charge < -0.3 is 4.90 Å². The molecule has 1 saturated heterocycles. The van der Waals surface area contributed by atoms with E-state index < -0.39 is 9.84 Å². The summed E-state index contributed by atoms with van der Waals surface area (Å²) in [6.07, 6.45) is 3.03. The number of amides is 1. The number of rotatable bonds is 4. The Morgan fingerprint density at radius 1 is 1.29 bits per heavy atom. The molecule has 1 heterocycles. The molecule has 4 nitrogen and oxygen atoms in total. The third-order valence-corrected chi connectivity index (χ3v) is 4.40. The van der Waals surface area contributed by atoms with Gasteiger partial charge in [0, 0.05) is 13.1 Å². The molecule has 1 saturated carbocycles. The van der Waals surface area contributed by atoms with Crippen LogP contribution in [0.3, 0.4) is 0 Å². The molecular weight excluding hydrogens is 202 g/mol. The lowest BCUT2D eigenvalue weighted by atomic mass is 10.2. The van der Waals surface area contributed by atoms with E-state index in [1.807, 2.05) is 0 Å². The van der Waals surface area contributed by atoms with Crippen LogP contribution >= 0.6 is 0 Å². The third kappa shape index (κ3) is 2.47. The zero-order chi connectivity index (χ0) is 10.2. The molecule has 5 heteroatoms. The highest BCUT2D eigenvalue weighted by Gasteiger charge is 2.31. The van der Waals surface area contributed by atoms with Crippen LogP contribution in [-0.2, 0) is 14.6 Å². The van der Waals surface area contributed by atoms with E-state index in [9.17, 15) is 13.2 Å². The Balaban J connectivity index is 1.84. The molecule has 0 aromatic heterocycles. The third-order valence-electron chi connectivity index (χ3n) is 2.74. The average molecular weight is 217 g/mol. The molecule has 14 heavy (non-hydrogen) atoms. The van der Waals surface area contributed by atoms with Crippen LogP contribution in [0.4, 0.5) is 0 Å².